The Morgan fingerprint density at radius 2 is 1.93 bits per heavy atom. The van der Waals surface area contributed by atoms with Gasteiger partial charge in [-0.2, -0.15) is 0 Å². The molecule has 1 unspecified atom stereocenters. The van der Waals surface area contributed by atoms with Crippen LogP contribution in [0.5, 0.6) is 0 Å². The Hall–Kier alpha value is -0.975. The summed E-state index contributed by atoms with van der Waals surface area (Å²) >= 11 is 0. The van der Waals surface area contributed by atoms with E-state index in [9.17, 15) is 0 Å². The maximum Gasteiger partial charge on any atom is 0.139 e. The highest BCUT2D eigenvalue weighted by Crippen LogP contribution is 2.18. The van der Waals surface area contributed by atoms with Gasteiger partial charge in [-0.15, -0.1) is 0 Å². The third kappa shape index (κ3) is 6.17. The molecule has 15 heavy (non-hydrogen) atoms. The fourth-order valence-electron chi connectivity index (χ4n) is 1.41. The average Bonchev–Trinajstić information content (AvgIpc) is 2.26. The van der Waals surface area contributed by atoms with Crippen molar-refractivity contribution in [3.05, 3.63) is 48.5 Å². The quantitative estimate of drug-likeness (QED) is 0.436. The first-order valence-corrected chi connectivity index (χ1v) is 5.79. The minimum absolute atomic E-state index is 0.608. The van der Waals surface area contributed by atoms with Crippen molar-refractivity contribution in [3.8, 4) is 0 Å². The second-order valence-corrected chi connectivity index (χ2v) is 4.03. The number of hydrogen-bond acceptors (Lipinski definition) is 0. The normalized spacial score (nSPS) is 14.8. The Kier molecular flexibility index (Phi) is 7.80. The van der Waals surface area contributed by atoms with Gasteiger partial charge < -0.3 is 0 Å². The minimum Gasteiger partial charge on any atom is -0.0996 e. The van der Waals surface area contributed by atoms with Crippen molar-refractivity contribution in [1.82, 2.24) is 0 Å². The standard InChI is InChI=1S/C14H23B/c1-5-8-9-12(4)13(6-2)10-11-14(15)7-3/h6-7,10-12H,2-3,5,8-9,15H2,1,4H3/b13-10+,14-11+. The summed E-state index contributed by atoms with van der Waals surface area (Å²) in [5.74, 6) is 0.608. The molecule has 0 rings (SSSR count). The lowest BCUT2D eigenvalue weighted by molar-refractivity contribution is 0.581. The predicted octanol–water partition coefficient (Wildman–Crippen LogP) is 3.63. The molecule has 1 atom stereocenters. The Labute approximate surface area is 95.9 Å². The van der Waals surface area contributed by atoms with E-state index in [2.05, 4.69) is 47.0 Å². The van der Waals surface area contributed by atoms with E-state index in [0.29, 0.717) is 5.92 Å². The van der Waals surface area contributed by atoms with Crippen LogP contribution in [0.1, 0.15) is 33.1 Å². The van der Waals surface area contributed by atoms with E-state index in [1.165, 1.54) is 30.3 Å². The Morgan fingerprint density at radius 3 is 2.40 bits per heavy atom. The smallest absolute Gasteiger partial charge is 0.0996 e. The first-order chi connectivity index (χ1) is 7.15. The van der Waals surface area contributed by atoms with Crippen LogP contribution < -0.4 is 0 Å². The fourth-order valence-corrected chi connectivity index (χ4v) is 1.41. The third-order valence-corrected chi connectivity index (χ3v) is 2.66. The first-order valence-electron chi connectivity index (χ1n) is 5.79. The Morgan fingerprint density at radius 1 is 1.27 bits per heavy atom. The molecule has 0 heterocycles. The number of allylic oxidation sites excluding steroid dienone is 6. The second-order valence-electron chi connectivity index (χ2n) is 4.03. The van der Waals surface area contributed by atoms with E-state index in [0.717, 1.165) is 0 Å². The molecule has 0 aromatic carbocycles. The van der Waals surface area contributed by atoms with Gasteiger partial charge in [-0.3, -0.25) is 0 Å². The number of rotatable bonds is 7. The van der Waals surface area contributed by atoms with Crippen LogP contribution in [0.4, 0.5) is 0 Å². The zero-order valence-electron chi connectivity index (χ0n) is 10.4. The van der Waals surface area contributed by atoms with Crippen LogP contribution >= 0.6 is 0 Å². The van der Waals surface area contributed by atoms with Crippen LogP contribution in [0.3, 0.4) is 0 Å². The van der Waals surface area contributed by atoms with Gasteiger partial charge in [0.1, 0.15) is 7.85 Å². The van der Waals surface area contributed by atoms with E-state index in [1.807, 2.05) is 12.2 Å². The molecule has 0 N–H and O–H groups in total. The van der Waals surface area contributed by atoms with Gasteiger partial charge in [0.2, 0.25) is 0 Å². The van der Waals surface area contributed by atoms with Gasteiger partial charge in [-0.25, -0.2) is 0 Å². The SMILES string of the molecule is B/C(C=C)=C/C=C(\C=C)C(C)CCCC. The third-order valence-electron chi connectivity index (χ3n) is 2.66. The van der Waals surface area contributed by atoms with E-state index in [1.54, 1.807) is 0 Å². The predicted molar refractivity (Wildman–Crippen MR) is 73.8 cm³/mol. The lowest BCUT2D eigenvalue weighted by Gasteiger charge is -2.11. The summed E-state index contributed by atoms with van der Waals surface area (Å²) in [5, 5.41) is 0. The van der Waals surface area contributed by atoms with Crippen molar-refractivity contribution in [3.63, 3.8) is 0 Å². The lowest BCUT2D eigenvalue weighted by atomic mass is 9.92. The molecule has 0 bridgehead atoms. The molecule has 0 radical (unpaired) electrons. The van der Waals surface area contributed by atoms with Gasteiger partial charge in [0, 0.05) is 0 Å². The second kappa shape index (κ2) is 8.34. The topological polar surface area (TPSA) is 0 Å². The average molecular weight is 202 g/mol. The van der Waals surface area contributed by atoms with Gasteiger partial charge in [0.05, 0.1) is 0 Å². The summed E-state index contributed by atoms with van der Waals surface area (Å²) in [5.41, 5.74) is 2.52. The van der Waals surface area contributed by atoms with Crippen LogP contribution in [-0.2, 0) is 0 Å². The molecular formula is C14H23B. The number of hydrogen-bond donors (Lipinski definition) is 0. The van der Waals surface area contributed by atoms with Crippen LogP contribution in [-0.4, -0.2) is 7.85 Å². The Bertz CT molecular complexity index is 259. The molecule has 0 saturated heterocycles. The van der Waals surface area contributed by atoms with E-state index >= 15 is 0 Å². The monoisotopic (exact) mass is 202 g/mol. The molecule has 0 aliphatic heterocycles. The lowest BCUT2D eigenvalue weighted by Crippen LogP contribution is -1.96. The minimum atomic E-state index is 0.608. The van der Waals surface area contributed by atoms with Crippen molar-refractivity contribution in [2.24, 2.45) is 5.92 Å². The molecule has 0 aliphatic carbocycles. The highest BCUT2D eigenvalue weighted by Gasteiger charge is 2.03. The molecule has 0 aromatic rings. The Balaban J connectivity index is 4.46. The van der Waals surface area contributed by atoms with Crippen molar-refractivity contribution in [2.75, 3.05) is 0 Å². The number of unbranched alkanes of at least 4 members (excludes halogenated alkanes) is 1. The van der Waals surface area contributed by atoms with Gasteiger partial charge in [-0.05, 0) is 17.9 Å². The summed E-state index contributed by atoms with van der Waals surface area (Å²) in [4.78, 5) is 0. The van der Waals surface area contributed by atoms with E-state index in [-0.39, 0.29) is 0 Å². The zero-order chi connectivity index (χ0) is 11.7. The molecule has 0 fully saturated rings. The highest BCUT2D eigenvalue weighted by molar-refractivity contribution is 6.23. The van der Waals surface area contributed by atoms with E-state index < -0.39 is 0 Å². The highest BCUT2D eigenvalue weighted by atomic mass is 14.1. The van der Waals surface area contributed by atoms with Crippen molar-refractivity contribution < 1.29 is 0 Å². The summed E-state index contributed by atoms with van der Waals surface area (Å²) in [7, 11) is 2.06. The largest absolute Gasteiger partial charge is 0.139 e. The molecular weight excluding hydrogens is 179 g/mol. The van der Waals surface area contributed by atoms with Crippen molar-refractivity contribution in [2.45, 2.75) is 33.1 Å². The van der Waals surface area contributed by atoms with Gasteiger partial charge in [-0.1, -0.05) is 69.6 Å². The fraction of sp³-hybridized carbons (Fsp3) is 0.429. The summed E-state index contributed by atoms with van der Waals surface area (Å²) in [6.07, 6.45) is 11.9. The molecule has 0 amide bonds. The molecule has 0 nitrogen and oxygen atoms in total. The molecule has 0 aliphatic rings. The molecule has 1 heteroatoms. The molecule has 0 spiro atoms. The maximum atomic E-state index is 3.87. The summed E-state index contributed by atoms with van der Waals surface area (Å²) < 4.78 is 0. The summed E-state index contributed by atoms with van der Waals surface area (Å²) in [6.45, 7) is 12.1. The van der Waals surface area contributed by atoms with E-state index in [4.69, 9.17) is 0 Å². The molecule has 0 saturated carbocycles. The molecule has 0 aromatic heterocycles. The van der Waals surface area contributed by atoms with Crippen LogP contribution in [0, 0.1) is 5.92 Å². The van der Waals surface area contributed by atoms with Crippen LogP contribution in [0.2, 0.25) is 0 Å². The molecule has 82 valence electrons. The zero-order valence-corrected chi connectivity index (χ0v) is 10.4. The van der Waals surface area contributed by atoms with Crippen molar-refractivity contribution in [1.29, 1.82) is 0 Å². The van der Waals surface area contributed by atoms with Crippen LogP contribution in [0.15, 0.2) is 48.5 Å². The van der Waals surface area contributed by atoms with Crippen LogP contribution in [0.25, 0.3) is 0 Å². The van der Waals surface area contributed by atoms with Crippen molar-refractivity contribution >= 4 is 7.85 Å². The van der Waals surface area contributed by atoms with Gasteiger partial charge in [0.15, 0.2) is 0 Å². The first kappa shape index (κ1) is 14.0. The summed E-state index contributed by atoms with van der Waals surface area (Å²) in [6, 6.07) is 0. The maximum absolute atomic E-state index is 3.87. The van der Waals surface area contributed by atoms with Gasteiger partial charge >= 0.3 is 0 Å². The van der Waals surface area contributed by atoms with Gasteiger partial charge in [0.25, 0.3) is 0 Å².